The van der Waals surface area contributed by atoms with Crippen molar-refractivity contribution in [3.8, 4) is 0 Å². The van der Waals surface area contributed by atoms with Gasteiger partial charge in [-0.2, -0.15) is 0 Å². The number of ketones is 3. The summed E-state index contributed by atoms with van der Waals surface area (Å²) < 4.78 is 0. The third-order valence-electron chi connectivity index (χ3n) is 2.85. The zero-order chi connectivity index (χ0) is 10.7. The molecule has 3 nitrogen and oxygen atoms in total. The second-order valence-corrected chi connectivity index (χ2v) is 3.98. The molecule has 78 valence electrons. The topological polar surface area (TPSA) is 51.2 Å². The van der Waals surface area contributed by atoms with Crippen molar-refractivity contribution in [1.29, 1.82) is 0 Å². The van der Waals surface area contributed by atoms with E-state index in [0.717, 1.165) is 12.8 Å². The van der Waals surface area contributed by atoms with Gasteiger partial charge in [0.25, 0.3) is 0 Å². The fourth-order valence-electron chi connectivity index (χ4n) is 2.03. The van der Waals surface area contributed by atoms with Crippen molar-refractivity contribution in [2.24, 2.45) is 11.8 Å². The van der Waals surface area contributed by atoms with E-state index in [1.807, 2.05) is 6.92 Å². The molecule has 0 heterocycles. The van der Waals surface area contributed by atoms with E-state index in [2.05, 4.69) is 0 Å². The molecule has 0 aromatic carbocycles. The maximum Gasteiger partial charge on any atom is 0.150 e. The van der Waals surface area contributed by atoms with Gasteiger partial charge >= 0.3 is 0 Å². The Balaban J connectivity index is 2.58. The van der Waals surface area contributed by atoms with Gasteiger partial charge in [0.2, 0.25) is 0 Å². The molecule has 0 aromatic heterocycles. The van der Waals surface area contributed by atoms with Crippen molar-refractivity contribution in [2.75, 3.05) is 0 Å². The van der Waals surface area contributed by atoms with Crippen molar-refractivity contribution in [3.05, 3.63) is 0 Å². The van der Waals surface area contributed by atoms with Gasteiger partial charge < -0.3 is 0 Å². The van der Waals surface area contributed by atoms with Crippen LogP contribution in [0.1, 0.15) is 39.5 Å². The van der Waals surface area contributed by atoms with Crippen LogP contribution in [0.25, 0.3) is 0 Å². The zero-order valence-corrected chi connectivity index (χ0v) is 8.71. The lowest BCUT2D eigenvalue weighted by molar-refractivity contribution is -0.134. The molecule has 2 unspecified atom stereocenters. The van der Waals surface area contributed by atoms with E-state index in [1.165, 1.54) is 6.92 Å². The molecule has 0 aromatic rings. The van der Waals surface area contributed by atoms with Crippen LogP contribution in [0.3, 0.4) is 0 Å². The lowest BCUT2D eigenvalue weighted by Crippen LogP contribution is -2.23. The van der Waals surface area contributed by atoms with E-state index in [0.29, 0.717) is 6.42 Å². The van der Waals surface area contributed by atoms with Gasteiger partial charge in [-0.15, -0.1) is 0 Å². The number of carbonyl (C=O) groups excluding carboxylic acids is 3. The Bertz CT molecular complexity index is 268. The molecule has 1 rings (SSSR count). The third kappa shape index (κ3) is 2.28. The maximum absolute atomic E-state index is 11.6. The minimum Gasteiger partial charge on any atom is -0.300 e. The summed E-state index contributed by atoms with van der Waals surface area (Å²) in [6.07, 6.45) is 2.18. The second-order valence-electron chi connectivity index (χ2n) is 3.98. The summed E-state index contributed by atoms with van der Waals surface area (Å²) in [5.74, 6) is -0.709. The summed E-state index contributed by atoms with van der Waals surface area (Å²) in [4.78, 5) is 33.8. The molecule has 0 bridgehead atoms. The molecule has 14 heavy (non-hydrogen) atoms. The van der Waals surface area contributed by atoms with Gasteiger partial charge in [0.05, 0.1) is 12.3 Å². The lowest BCUT2D eigenvalue weighted by atomic mass is 9.95. The van der Waals surface area contributed by atoms with Gasteiger partial charge in [-0.1, -0.05) is 6.92 Å². The highest BCUT2D eigenvalue weighted by Crippen LogP contribution is 2.30. The summed E-state index contributed by atoms with van der Waals surface area (Å²) in [6.45, 7) is 3.34. The number of hydrogen-bond donors (Lipinski definition) is 0. The highest BCUT2D eigenvalue weighted by molar-refractivity contribution is 6.10. The molecule has 1 aliphatic rings. The summed E-state index contributed by atoms with van der Waals surface area (Å²) in [7, 11) is 0. The fraction of sp³-hybridized carbons (Fsp3) is 0.727. The Labute approximate surface area is 83.9 Å². The average Bonchev–Trinajstić information content (AvgIpc) is 2.45. The van der Waals surface area contributed by atoms with E-state index < -0.39 is 5.92 Å². The first-order valence-electron chi connectivity index (χ1n) is 5.12. The molecule has 0 aliphatic heterocycles. The van der Waals surface area contributed by atoms with E-state index in [-0.39, 0.29) is 29.7 Å². The van der Waals surface area contributed by atoms with Gasteiger partial charge in [-0.25, -0.2) is 0 Å². The van der Waals surface area contributed by atoms with Crippen LogP contribution >= 0.6 is 0 Å². The van der Waals surface area contributed by atoms with Crippen LogP contribution in [-0.4, -0.2) is 17.3 Å². The summed E-state index contributed by atoms with van der Waals surface area (Å²) in [5.41, 5.74) is 0. The SMILES string of the molecule is CCC1CCC(C(=O)CC(C)=O)C1=O. The van der Waals surface area contributed by atoms with E-state index in [4.69, 9.17) is 0 Å². The van der Waals surface area contributed by atoms with Crippen molar-refractivity contribution >= 4 is 17.3 Å². The van der Waals surface area contributed by atoms with Crippen LogP contribution in [0.15, 0.2) is 0 Å². The van der Waals surface area contributed by atoms with Crippen LogP contribution in [-0.2, 0) is 14.4 Å². The van der Waals surface area contributed by atoms with Crippen molar-refractivity contribution in [1.82, 2.24) is 0 Å². The Kier molecular flexibility index (Phi) is 3.55. The first-order chi connectivity index (χ1) is 6.56. The lowest BCUT2D eigenvalue weighted by Gasteiger charge is -2.06. The highest BCUT2D eigenvalue weighted by Gasteiger charge is 2.37. The van der Waals surface area contributed by atoms with Crippen LogP contribution < -0.4 is 0 Å². The second kappa shape index (κ2) is 4.49. The van der Waals surface area contributed by atoms with E-state index in [9.17, 15) is 14.4 Å². The monoisotopic (exact) mass is 196 g/mol. The van der Waals surface area contributed by atoms with Crippen LogP contribution in [0.5, 0.6) is 0 Å². The minimum absolute atomic E-state index is 0.0518. The van der Waals surface area contributed by atoms with Crippen molar-refractivity contribution in [2.45, 2.75) is 39.5 Å². The number of hydrogen-bond acceptors (Lipinski definition) is 3. The third-order valence-corrected chi connectivity index (χ3v) is 2.85. The molecular weight excluding hydrogens is 180 g/mol. The number of Topliss-reactive ketones (excluding diaryl/α,β-unsaturated/α-hetero) is 3. The zero-order valence-electron chi connectivity index (χ0n) is 8.71. The van der Waals surface area contributed by atoms with Gasteiger partial charge in [0.15, 0.2) is 5.78 Å². The van der Waals surface area contributed by atoms with Gasteiger partial charge in [-0.05, 0) is 26.2 Å². The van der Waals surface area contributed by atoms with E-state index in [1.54, 1.807) is 0 Å². The minimum atomic E-state index is -0.483. The Morgan fingerprint density at radius 1 is 1.36 bits per heavy atom. The van der Waals surface area contributed by atoms with Crippen molar-refractivity contribution in [3.63, 3.8) is 0 Å². The molecule has 0 saturated heterocycles. The number of carbonyl (C=O) groups is 3. The standard InChI is InChI=1S/C11H16O3/c1-3-8-4-5-9(11(8)14)10(13)6-7(2)12/h8-9H,3-6H2,1-2H3. The molecule has 1 fully saturated rings. The average molecular weight is 196 g/mol. The van der Waals surface area contributed by atoms with Crippen LogP contribution in [0, 0.1) is 11.8 Å². The summed E-state index contributed by atoms with van der Waals surface area (Å²) in [6, 6.07) is 0. The maximum atomic E-state index is 11.6. The fourth-order valence-corrected chi connectivity index (χ4v) is 2.03. The molecule has 0 radical (unpaired) electrons. The smallest absolute Gasteiger partial charge is 0.150 e. The predicted molar refractivity (Wildman–Crippen MR) is 51.8 cm³/mol. The molecule has 3 heteroatoms. The molecule has 0 spiro atoms. The van der Waals surface area contributed by atoms with Gasteiger partial charge in [0.1, 0.15) is 11.6 Å². The Hall–Kier alpha value is -0.990. The first-order valence-corrected chi connectivity index (χ1v) is 5.12. The molecular formula is C11H16O3. The predicted octanol–water partition coefficient (Wildman–Crippen LogP) is 1.54. The molecule has 1 aliphatic carbocycles. The van der Waals surface area contributed by atoms with Crippen molar-refractivity contribution < 1.29 is 14.4 Å². The highest BCUT2D eigenvalue weighted by atomic mass is 16.2. The van der Waals surface area contributed by atoms with Gasteiger partial charge in [0, 0.05) is 5.92 Å². The quantitative estimate of drug-likeness (QED) is 0.641. The molecule has 0 N–H and O–H groups in total. The molecule has 2 atom stereocenters. The Morgan fingerprint density at radius 3 is 2.43 bits per heavy atom. The summed E-state index contributed by atoms with van der Waals surface area (Å²) in [5, 5.41) is 0. The largest absolute Gasteiger partial charge is 0.300 e. The Morgan fingerprint density at radius 2 is 2.00 bits per heavy atom. The summed E-state index contributed by atoms with van der Waals surface area (Å²) >= 11 is 0. The first kappa shape index (κ1) is 11.1. The van der Waals surface area contributed by atoms with E-state index >= 15 is 0 Å². The molecule has 0 amide bonds. The van der Waals surface area contributed by atoms with Crippen LogP contribution in [0.4, 0.5) is 0 Å². The van der Waals surface area contributed by atoms with Crippen LogP contribution in [0.2, 0.25) is 0 Å². The molecule has 1 saturated carbocycles. The normalized spacial score (nSPS) is 26.6. The van der Waals surface area contributed by atoms with Gasteiger partial charge in [-0.3, -0.25) is 14.4 Å². The number of rotatable bonds is 4.